The molecule has 34 heavy (non-hydrogen) atoms. The summed E-state index contributed by atoms with van der Waals surface area (Å²) in [5.74, 6) is -0.585. The molecule has 0 saturated carbocycles. The van der Waals surface area contributed by atoms with Crippen LogP contribution in [0.3, 0.4) is 0 Å². The summed E-state index contributed by atoms with van der Waals surface area (Å²) in [6.45, 7) is 3.45. The van der Waals surface area contributed by atoms with E-state index in [1.165, 1.54) is 24.3 Å². The van der Waals surface area contributed by atoms with Crippen molar-refractivity contribution in [3.63, 3.8) is 0 Å². The molecule has 0 aliphatic rings. The van der Waals surface area contributed by atoms with Crippen molar-refractivity contribution in [1.29, 1.82) is 0 Å². The van der Waals surface area contributed by atoms with Gasteiger partial charge < -0.3 is 5.11 Å². The summed E-state index contributed by atoms with van der Waals surface area (Å²) in [6, 6.07) is 12.0. The number of hydrogen-bond donors (Lipinski definition) is 2. The van der Waals surface area contributed by atoms with Crippen LogP contribution in [0.15, 0.2) is 63.1 Å². The van der Waals surface area contributed by atoms with Crippen molar-refractivity contribution in [2.24, 2.45) is 4.99 Å². The molecule has 0 bridgehead atoms. The van der Waals surface area contributed by atoms with Crippen LogP contribution in [0, 0.1) is 24.0 Å². The first-order chi connectivity index (χ1) is 16.2. The molecule has 0 unspecified atom stereocenters. The highest BCUT2D eigenvalue weighted by Gasteiger charge is 2.17. The second-order valence-electron chi connectivity index (χ2n) is 7.27. The van der Waals surface area contributed by atoms with Crippen molar-refractivity contribution in [3.8, 4) is 17.3 Å². The van der Waals surface area contributed by atoms with Crippen LogP contribution in [0.25, 0.3) is 11.4 Å². The molecule has 0 saturated heterocycles. The molecule has 0 radical (unpaired) electrons. The fourth-order valence-corrected chi connectivity index (χ4v) is 3.53. The van der Waals surface area contributed by atoms with Gasteiger partial charge in [0.15, 0.2) is 0 Å². The quantitative estimate of drug-likeness (QED) is 0.254. The van der Waals surface area contributed by atoms with Crippen molar-refractivity contribution in [2.75, 3.05) is 0 Å². The first-order valence-corrected chi connectivity index (χ1v) is 10.2. The van der Waals surface area contributed by atoms with Crippen LogP contribution >= 0.6 is 11.6 Å². The van der Waals surface area contributed by atoms with Gasteiger partial charge in [0.2, 0.25) is 5.88 Å². The SMILES string of the molecule is Cc1nn(-c2ccc([N+](=O)[O-])cc2)c(C)c1N=Cc1c(O)n(-c2ccc(Cl)cc2)c(=O)[nH]c1=O. The van der Waals surface area contributed by atoms with E-state index >= 15 is 0 Å². The van der Waals surface area contributed by atoms with Crippen LogP contribution in [0.5, 0.6) is 5.88 Å². The molecule has 11 nitrogen and oxygen atoms in total. The van der Waals surface area contributed by atoms with Gasteiger partial charge in [0.05, 0.1) is 27.7 Å². The summed E-state index contributed by atoms with van der Waals surface area (Å²) in [6.07, 6.45) is 1.15. The molecule has 12 heteroatoms. The number of nitrogens with one attached hydrogen (secondary N) is 1. The zero-order chi connectivity index (χ0) is 24.6. The fourth-order valence-electron chi connectivity index (χ4n) is 3.40. The lowest BCUT2D eigenvalue weighted by Crippen LogP contribution is -2.31. The third kappa shape index (κ3) is 4.11. The summed E-state index contributed by atoms with van der Waals surface area (Å²) >= 11 is 5.88. The molecular weight excluding hydrogens is 464 g/mol. The van der Waals surface area contributed by atoms with Gasteiger partial charge in [-0.3, -0.25) is 24.9 Å². The third-order valence-corrected chi connectivity index (χ3v) is 5.34. The van der Waals surface area contributed by atoms with Crippen LogP contribution in [0.4, 0.5) is 11.4 Å². The number of aliphatic imine (C=N–C) groups is 1. The smallest absolute Gasteiger partial charge is 0.335 e. The number of non-ortho nitro benzene ring substituents is 1. The predicted molar refractivity (Wildman–Crippen MR) is 126 cm³/mol. The number of nitrogens with zero attached hydrogens (tertiary/aromatic N) is 5. The number of nitro benzene ring substituents is 1. The van der Waals surface area contributed by atoms with E-state index in [9.17, 15) is 24.8 Å². The number of aryl methyl sites for hydroxylation is 1. The summed E-state index contributed by atoms with van der Waals surface area (Å²) in [5, 5.41) is 26.4. The Morgan fingerprint density at radius 1 is 1.09 bits per heavy atom. The van der Waals surface area contributed by atoms with Crippen LogP contribution < -0.4 is 11.2 Å². The summed E-state index contributed by atoms with van der Waals surface area (Å²) in [4.78, 5) is 41.6. The molecule has 4 rings (SSSR count). The van der Waals surface area contributed by atoms with Gasteiger partial charge in [0.1, 0.15) is 11.3 Å². The maximum absolute atomic E-state index is 12.4. The Bertz CT molecular complexity index is 1550. The molecule has 0 aliphatic heterocycles. The van der Waals surface area contributed by atoms with Crippen molar-refractivity contribution >= 4 is 29.2 Å². The highest BCUT2D eigenvalue weighted by molar-refractivity contribution is 6.30. The van der Waals surface area contributed by atoms with E-state index in [0.717, 1.165) is 10.8 Å². The number of nitro groups is 1. The van der Waals surface area contributed by atoms with Crippen molar-refractivity contribution in [1.82, 2.24) is 19.3 Å². The molecule has 0 fully saturated rings. The minimum Gasteiger partial charge on any atom is -0.493 e. The van der Waals surface area contributed by atoms with Gasteiger partial charge in [-0.05, 0) is 50.2 Å². The Labute approximate surface area is 196 Å². The van der Waals surface area contributed by atoms with Crippen LogP contribution in [-0.2, 0) is 0 Å². The number of rotatable bonds is 5. The molecule has 2 aromatic heterocycles. The van der Waals surface area contributed by atoms with Gasteiger partial charge >= 0.3 is 5.69 Å². The molecule has 2 N–H and O–H groups in total. The van der Waals surface area contributed by atoms with Gasteiger partial charge in [0, 0.05) is 23.4 Å². The number of benzene rings is 2. The summed E-state index contributed by atoms with van der Waals surface area (Å²) < 4.78 is 2.49. The Morgan fingerprint density at radius 3 is 2.32 bits per heavy atom. The third-order valence-electron chi connectivity index (χ3n) is 5.09. The number of aromatic amines is 1. The Kier molecular flexibility index (Phi) is 5.86. The number of aromatic nitrogens is 4. The number of aromatic hydroxyl groups is 1. The average molecular weight is 481 g/mol. The van der Waals surface area contributed by atoms with Crippen LogP contribution in [0.1, 0.15) is 17.0 Å². The van der Waals surface area contributed by atoms with E-state index in [-0.39, 0.29) is 11.3 Å². The van der Waals surface area contributed by atoms with Gasteiger partial charge in [-0.25, -0.2) is 14.0 Å². The number of halogens is 1. The van der Waals surface area contributed by atoms with Crippen LogP contribution in [0.2, 0.25) is 5.02 Å². The minimum atomic E-state index is -0.819. The molecular formula is C22H17ClN6O5. The topological polar surface area (TPSA) is 148 Å². The summed E-state index contributed by atoms with van der Waals surface area (Å²) in [7, 11) is 0. The zero-order valence-corrected chi connectivity index (χ0v) is 18.6. The lowest BCUT2D eigenvalue weighted by Gasteiger charge is -2.09. The van der Waals surface area contributed by atoms with E-state index in [4.69, 9.17) is 11.6 Å². The maximum atomic E-state index is 12.4. The molecule has 2 heterocycles. The predicted octanol–water partition coefficient (Wildman–Crippen LogP) is 3.35. The van der Waals surface area contributed by atoms with Gasteiger partial charge in [-0.15, -0.1) is 0 Å². The highest BCUT2D eigenvalue weighted by Crippen LogP contribution is 2.27. The van der Waals surface area contributed by atoms with Crippen molar-refractivity contribution < 1.29 is 10.0 Å². The molecule has 2 aromatic carbocycles. The monoisotopic (exact) mass is 480 g/mol. The first kappa shape index (κ1) is 22.7. The van der Waals surface area contributed by atoms with E-state index in [0.29, 0.717) is 33.5 Å². The molecule has 0 atom stereocenters. The average Bonchev–Trinajstić information content (AvgIpc) is 3.08. The largest absolute Gasteiger partial charge is 0.493 e. The van der Waals surface area contributed by atoms with Crippen molar-refractivity contribution in [2.45, 2.75) is 13.8 Å². The lowest BCUT2D eigenvalue weighted by molar-refractivity contribution is -0.384. The highest BCUT2D eigenvalue weighted by atomic mass is 35.5. The second-order valence-corrected chi connectivity index (χ2v) is 7.71. The van der Waals surface area contributed by atoms with Gasteiger partial charge in [0.25, 0.3) is 11.2 Å². The second kappa shape index (κ2) is 8.79. The van der Waals surface area contributed by atoms with Gasteiger partial charge in [-0.1, -0.05) is 11.6 Å². The van der Waals surface area contributed by atoms with E-state index in [1.807, 2.05) is 0 Å². The van der Waals surface area contributed by atoms with E-state index < -0.39 is 22.1 Å². The Hall–Kier alpha value is -4.51. The molecule has 0 amide bonds. The lowest BCUT2D eigenvalue weighted by atomic mass is 10.2. The number of H-pyrrole nitrogens is 1. The molecule has 172 valence electrons. The van der Waals surface area contributed by atoms with Crippen molar-refractivity contribution in [3.05, 3.63) is 101 Å². The fraction of sp³-hybridized carbons (Fsp3) is 0.0909. The minimum absolute atomic E-state index is 0.0472. The Morgan fingerprint density at radius 2 is 1.71 bits per heavy atom. The van der Waals surface area contributed by atoms with E-state index in [2.05, 4.69) is 15.1 Å². The van der Waals surface area contributed by atoms with Crippen LogP contribution in [-0.4, -0.2) is 35.6 Å². The standard InChI is InChI=1S/C22H17ClN6O5/c1-12-19(13(2)28(26-12)16-7-9-17(10-8-16)29(33)34)24-11-18-20(30)25-22(32)27(21(18)31)15-5-3-14(23)4-6-15/h3-11,31H,1-2H3,(H,25,30,32). The zero-order valence-electron chi connectivity index (χ0n) is 17.9. The molecule has 4 aromatic rings. The molecule has 0 spiro atoms. The van der Waals surface area contributed by atoms with Gasteiger partial charge in [-0.2, -0.15) is 5.10 Å². The normalized spacial score (nSPS) is 11.3. The summed E-state index contributed by atoms with van der Waals surface area (Å²) in [5.41, 5.74) is 0.543. The van der Waals surface area contributed by atoms with E-state index in [1.54, 1.807) is 42.8 Å². The molecule has 0 aliphatic carbocycles. The first-order valence-electron chi connectivity index (χ1n) is 9.86. The maximum Gasteiger partial charge on any atom is 0.335 e. The Balaban J connectivity index is 1.75. The number of hydrogen-bond acceptors (Lipinski definition) is 7.